The first-order valence-electron chi connectivity index (χ1n) is 12.4. The first-order chi connectivity index (χ1) is 16.3. The zero-order valence-corrected chi connectivity index (χ0v) is 21.7. The van der Waals surface area contributed by atoms with Crippen molar-refractivity contribution in [2.45, 2.75) is 77.0 Å². The lowest BCUT2D eigenvalue weighted by atomic mass is 9.76. The van der Waals surface area contributed by atoms with Crippen molar-refractivity contribution in [1.82, 2.24) is 0 Å². The molecule has 0 aromatic heterocycles. The molecule has 1 unspecified atom stereocenters. The summed E-state index contributed by atoms with van der Waals surface area (Å²) in [7, 11) is -2.48. The highest BCUT2D eigenvalue weighted by Crippen LogP contribution is 2.47. The second-order valence-corrected chi connectivity index (χ2v) is 11.3. The van der Waals surface area contributed by atoms with Crippen molar-refractivity contribution >= 4 is 8.60 Å². The Bertz CT molecular complexity index is 1100. The van der Waals surface area contributed by atoms with Crippen LogP contribution in [0, 0.1) is 0 Å². The molecule has 180 valence electrons. The van der Waals surface area contributed by atoms with E-state index in [0.717, 1.165) is 24.0 Å². The Balaban J connectivity index is 1.94. The number of hydrogen-bond donors (Lipinski definition) is 2. The molecule has 4 heteroatoms. The van der Waals surface area contributed by atoms with Gasteiger partial charge in [-0.1, -0.05) is 108 Å². The van der Waals surface area contributed by atoms with Crippen LogP contribution >= 0.6 is 8.60 Å². The van der Waals surface area contributed by atoms with Gasteiger partial charge in [0.25, 0.3) is 0 Å². The normalized spacial score (nSPS) is 16.0. The van der Waals surface area contributed by atoms with Gasteiger partial charge in [0, 0.05) is 11.5 Å². The summed E-state index contributed by atoms with van der Waals surface area (Å²) in [6.07, 6.45) is 5.86. The monoisotopic (exact) mass is 476 g/mol. The van der Waals surface area contributed by atoms with E-state index in [1.807, 2.05) is 12.1 Å². The fourth-order valence-corrected chi connectivity index (χ4v) is 5.65. The molecule has 2 N–H and O–H groups in total. The lowest BCUT2D eigenvalue weighted by molar-refractivity contribution is 0.367. The van der Waals surface area contributed by atoms with Gasteiger partial charge in [0.05, 0.1) is 0 Å². The van der Waals surface area contributed by atoms with Gasteiger partial charge in [-0.2, -0.15) is 0 Å². The summed E-state index contributed by atoms with van der Waals surface area (Å²) in [6.45, 7) is 9.02. The Kier molecular flexibility index (Phi) is 7.77. The molecule has 1 aliphatic rings. The zero-order valence-electron chi connectivity index (χ0n) is 20.8. The summed E-state index contributed by atoms with van der Waals surface area (Å²) in [5, 5.41) is 0. The predicted molar refractivity (Wildman–Crippen MR) is 142 cm³/mol. The molecular weight excluding hydrogens is 439 g/mol. The van der Waals surface area contributed by atoms with Crippen LogP contribution < -0.4 is 4.52 Å². The molecule has 4 rings (SSSR count). The summed E-state index contributed by atoms with van der Waals surface area (Å²) in [5.74, 6) is 1.19. The maximum absolute atomic E-state index is 9.73. The third-order valence-corrected chi connectivity index (χ3v) is 7.60. The van der Waals surface area contributed by atoms with Gasteiger partial charge in [0.2, 0.25) is 0 Å². The topological polar surface area (TPSA) is 49.7 Å². The molecule has 34 heavy (non-hydrogen) atoms. The SMILES string of the molecule is CC(c1ccccc1)c1ccc(C(C)(C)C)cc1-c1cccc(OP(O)O)c1C1CCCCC1. The van der Waals surface area contributed by atoms with Crippen molar-refractivity contribution in [3.63, 3.8) is 0 Å². The van der Waals surface area contributed by atoms with E-state index in [4.69, 9.17) is 4.52 Å². The smallest absolute Gasteiger partial charge is 0.391 e. The molecular formula is C30H37O3P. The Labute approximate surface area is 205 Å². The van der Waals surface area contributed by atoms with E-state index in [2.05, 4.69) is 82.3 Å². The van der Waals surface area contributed by atoms with Crippen molar-refractivity contribution in [1.29, 1.82) is 0 Å². The molecule has 1 saturated carbocycles. The molecule has 0 aliphatic heterocycles. The molecule has 0 spiro atoms. The van der Waals surface area contributed by atoms with Crippen LogP contribution in [0.2, 0.25) is 0 Å². The first kappa shape index (κ1) is 24.9. The Morgan fingerprint density at radius 3 is 2.21 bits per heavy atom. The van der Waals surface area contributed by atoms with E-state index in [-0.39, 0.29) is 11.3 Å². The van der Waals surface area contributed by atoms with Crippen molar-refractivity contribution in [2.75, 3.05) is 0 Å². The van der Waals surface area contributed by atoms with E-state index in [0.29, 0.717) is 11.7 Å². The van der Waals surface area contributed by atoms with Crippen molar-refractivity contribution in [3.8, 4) is 16.9 Å². The van der Waals surface area contributed by atoms with Crippen molar-refractivity contribution < 1.29 is 14.3 Å². The van der Waals surface area contributed by atoms with E-state index in [1.165, 1.54) is 41.5 Å². The molecule has 1 aliphatic carbocycles. The number of hydrogen-bond acceptors (Lipinski definition) is 3. The van der Waals surface area contributed by atoms with Gasteiger partial charge in [-0.3, -0.25) is 0 Å². The van der Waals surface area contributed by atoms with Crippen LogP contribution in [0.4, 0.5) is 0 Å². The Morgan fingerprint density at radius 2 is 1.56 bits per heavy atom. The lowest BCUT2D eigenvalue weighted by Gasteiger charge is -2.29. The molecule has 1 fully saturated rings. The van der Waals surface area contributed by atoms with Crippen LogP contribution in [0.15, 0.2) is 66.7 Å². The van der Waals surface area contributed by atoms with Crippen LogP contribution in [0.1, 0.15) is 93.9 Å². The lowest BCUT2D eigenvalue weighted by Crippen LogP contribution is -2.13. The average Bonchev–Trinajstić information content (AvgIpc) is 2.83. The highest BCUT2D eigenvalue weighted by molar-refractivity contribution is 7.39. The molecule has 3 nitrogen and oxygen atoms in total. The molecule has 0 amide bonds. The van der Waals surface area contributed by atoms with Gasteiger partial charge in [-0.05, 0) is 58.1 Å². The third-order valence-electron chi connectivity index (χ3n) is 7.24. The molecule has 3 aromatic carbocycles. The molecule has 3 aromatic rings. The Morgan fingerprint density at radius 1 is 0.853 bits per heavy atom. The second kappa shape index (κ2) is 10.6. The quantitative estimate of drug-likeness (QED) is 0.351. The molecule has 0 radical (unpaired) electrons. The van der Waals surface area contributed by atoms with Crippen molar-refractivity contribution in [3.05, 3.63) is 89.0 Å². The Hall–Kier alpha value is -2.19. The fourth-order valence-electron chi connectivity index (χ4n) is 5.31. The minimum absolute atomic E-state index is 0.0207. The standard InChI is InChI=1S/C30H37O3P/c1-21(22-12-7-5-8-13-22)25-19-18-24(30(2,3)4)20-27(25)26-16-11-17-28(33-34(31)32)29(26)23-14-9-6-10-15-23/h5,7-8,11-13,16-21,23,31-32H,6,9-10,14-15H2,1-4H3. The van der Waals surface area contributed by atoms with Gasteiger partial charge in [-0.25, -0.2) is 0 Å². The summed E-state index contributed by atoms with van der Waals surface area (Å²) >= 11 is 0. The second-order valence-electron chi connectivity index (χ2n) is 10.6. The first-order valence-corrected chi connectivity index (χ1v) is 13.6. The highest BCUT2D eigenvalue weighted by Gasteiger charge is 2.27. The minimum Gasteiger partial charge on any atom is -0.427 e. The van der Waals surface area contributed by atoms with Crippen LogP contribution in [-0.2, 0) is 5.41 Å². The van der Waals surface area contributed by atoms with Gasteiger partial charge in [-0.15, -0.1) is 0 Å². The maximum Gasteiger partial charge on any atom is 0.391 e. The summed E-state index contributed by atoms with van der Waals surface area (Å²) < 4.78 is 5.62. The molecule has 1 atom stereocenters. The average molecular weight is 477 g/mol. The summed E-state index contributed by atoms with van der Waals surface area (Å²) in [6, 6.07) is 23.6. The molecule has 0 heterocycles. The number of rotatable bonds is 6. The predicted octanol–water partition coefficient (Wildman–Crippen LogP) is 8.44. The van der Waals surface area contributed by atoms with Crippen LogP contribution in [0.5, 0.6) is 5.75 Å². The number of benzene rings is 3. The van der Waals surface area contributed by atoms with Crippen LogP contribution in [0.3, 0.4) is 0 Å². The van der Waals surface area contributed by atoms with E-state index in [1.54, 1.807) is 0 Å². The van der Waals surface area contributed by atoms with Gasteiger partial charge in [0.15, 0.2) is 0 Å². The van der Waals surface area contributed by atoms with E-state index in [9.17, 15) is 9.79 Å². The van der Waals surface area contributed by atoms with Crippen molar-refractivity contribution in [2.24, 2.45) is 0 Å². The minimum atomic E-state index is -2.48. The molecule has 0 bridgehead atoms. The highest BCUT2D eigenvalue weighted by atomic mass is 31.2. The zero-order chi connectivity index (χ0) is 24.3. The van der Waals surface area contributed by atoms with Gasteiger partial charge >= 0.3 is 8.60 Å². The largest absolute Gasteiger partial charge is 0.427 e. The van der Waals surface area contributed by atoms with E-state index >= 15 is 0 Å². The molecule has 0 saturated heterocycles. The fraction of sp³-hybridized carbons (Fsp3) is 0.400. The maximum atomic E-state index is 9.73. The van der Waals surface area contributed by atoms with Gasteiger partial charge < -0.3 is 14.3 Å². The van der Waals surface area contributed by atoms with Crippen LogP contribution in [0.25, 0.3) is 11.1 Å². The van der Waals surface area contributed by atoms with E-state index < -0.39 is 8.60 Å². The third kappa shape index (κ3) is 5.54. The van der Waals surface area contributed by atoms with Crippen LogP contribution in [-0.4, -0.2) is 9.79 Å². The van der Waals surface area contributed by atoms with Gasteiger partial charge in [0.1, 0.15) is 5.75 Å². The summed E-state index contributed by atoms with van der Waals surface area (Å²) in [5.41, 5.74) is 7.38. The summed E-state index contributed by atoms with van der Waals surface area (Å²) in [4.78, 5) is 19.5.